The lowest BCUT2D eigenvalue weighted by molar-refractivity contribution is -0.134. The normalized spacial score (nSPS) is 19.9. The molecule has 32 heavy (non-hydrogen) atoms. The highest BCUT2D eigenvalue weighted by Gasteiger charge is 2.34. The molecule has 0 bridgehead atoms. The Kier molecular flexibility index (Phi) is 6.22. The van der Waals surface area contributed by atoms with Gasteiger partial charge in [0.05, 0.1) is 1.37 Å². The molecular weight excluding hydrogens is 400 g/mol. The van der Waals surface area contributed by atoms with Gasteiger partial charge in [-0.25, -0.2) is 0 Å². The Hall–Kier alpha value is -2.34. The molecule has 3 heterocycles. The molecule has 0 atom stereocenters. The van der Waals surface area contributed by atoms with E-state index in [0.717, 1.165) is 48.7 Å². The molecular formula is C26H38N4O2. The summed E-state index contributed by atoms with van der Waals surface area (Å²) in [6.07, 6.45) is 5.01. The number of nitrogens with one attached hydrogen (secondary N) is 1. The van der Waals surface area contributed by atoms with Gasteiger partial charge in [0.1, 0.15) is 6.54 Å². The smallest absolute Gasteiger partial charge is 0.254 e. The number of carbonyl (C=O) groups is 2. The number of hydrogen-bond donors (Lipinski definition) is 1. The summed E-state index contributed by atoms with van der Waals surface area (Å²) in [5.74, 6) is 1.39. The fourth-order valence-corrected chi connectivity index (χ4v) is 5.24. The molecule has 174 valence electrons. The second-order valence-corrected chi connectivity index (χ2v) is 10.6. The van der Waals surface area contributed by atoms with Crippen molar-refractivity contribution in [2.75, 3.05) is 39.8 Å². The molecule has 2 saturated heterocycles. The number of hydrogen-bond acceptors (Lipinski definition) is 3. The first-order chi connectivity index (χ1) is 15.6. The van der Waals surface area contributed by atoms with E-state index in [1.807, 2.05) is 31.7 Å². The molecule has 0 saturated carbocycles. The number of piperidine rings is 2. The highest BCUT2D eigenvalue weighted by Crippen LogP contribution is 2.32. The number of likely N-dealkylation sites (tertiary alicyclic amines) is 2. The van der Waals surface area contributed by atoms with E-state index in [1.54, 1.807) is 23.1 Å². The molecule has 0 radical (unpaired) electrons. The van der Waals surface area contributed by atoms with Crippen molar-refractivity contribution in [2.24, 2.45) is 11.8 Å². The van der Waals surface area contributed by atoms with Crippen molar-refractivity contribution in [3.8, 4) is 0 Å². The first-order valence-electron chi connectivity index (χ1n) is 12.5. The van der Waals surface area contributed by atoms with Gasteiger partial charge in [0.2, 0.25) is 5.91 Å². The molecule has 0 spiro atoms. The number of H-pyrrole nitrogens is 1. The van der Waals surface area contributed by atoms with E-state index < -0.39 is 5.54 Å². The van der Waals surface area contributed by atoms with Crippen molar-refractivity contribution in [1.82, 2.24) is 19.7 Å². The van der Waals surface area contributed by atoms with Crippen LogP contribution >= 0.6 is 0 Å². The number of fused-ring (bicyclic) bond motifs is 1. The van der Waals surface area contributed by atoms with Crippen LogP contribution in [0.1, 0.15) is 58.2 Å². The van der Waals surface area contributed by atoms with Crippen LogP contribution in [0.4, 0.5) is 0 Å². The summed E-state index contributed by atoms with van der Waals surface area (Å²) < 4.78 is 7.78. The number of aromatic nitrogens is 1. The Labute approximate surface area is 193 Å². The van der Waals surface area contributed by atoms with Crippen molar-refractivity contribution in [1.29, 1.82) is 0 Å². The first-order valence-corrected chi connectivity index (χ1v) is 12.0. The van der Waals surface area contributed by atoms with Gasteiger partial charge in [-0.1, -0.05) is 6.07 Å². The summed E-state index contributed by atoms with van der Waals surface area (Å²) in [4.78, 5) is 35.7. The van der Waals surface area contributed by atoms with Crippen LogP contribution in [0.25, 0.3) is 10.9 Å². The molecule has 1 aromatic carbocycles. The zero-order valence-corrected chi connectivity index (χ0v) is 20.0. The molecule has 6 nitrogen and oxygen atoms in total. The zero-order valence-electron chi connectivity index (χ0n) is 21.0. The molecule has 2 amide bonds. The SMILES string of the molecule is [2H]c1cc2ccc(C(=O)N(CC(=O)N3CCC(C4CCN(C)CC4)CC3)C(C)(C)C)cc2[nH]1. The molecule has 2 aliphatic rings. The Bertz CT molecular complexity index is 995. The Morgan fingerprint density at radius 3 is 2.31 bits per heavy atom. The quantitative estimate of drug-likeness (QED) is 0.784. The third-order valence-electron chi connectivity index (χ3n) is 7.41. The lowest BCUT2D eigenvalue weighted by Crippen LogP contribution is -2.52. The number of nitrogens with zero attached hydrogens (tertiary/aromatic N) is 3. The van der Waals surface area contributed by atoms with Gasteiger partial charge in [-0.2, -0.15) is 0 Å². The third kappa shape index (κ3) is 5.01. The summed E-state index contributed by atoms with van der Waals surface area (Å²) in [5.41, 5.74) is 0.819. The van der Waals surface area contributed by atoms with Crippen LogP contribution in [-0.2, 0) is 4.79 Å². The van der Waals surface area contributed by atoms with Gasteiger partial charge in [-0.3, -0.25) is 9.59 Å². The molecule has 1 aromatic heterocycles. The fourth-order valence-electron chi connectivity index (χ4n) is 5.24. The van der Waals surface area contributed by atoms with Crippen molar-refractivity contribution in [3.63, 3.8) is 0 Å². The number of carbonyl (C=O) groups excluding carboxylic acids is 2. The maximum absolute atomic E-state index is 13.4. The van der Waals surface area contributed by atoms with Crippen LogP contribution in [0.5, 0.6) is 0 Å². The number of rotatable bonds is 4. The Morgan fingerprint density at radius 2 is 1.69 bits per heavy atom. The van der Waals surface area contributed by atoms with Crippen LogP contribution in [0, 0.1) is 11.8 Å². The highest BCUT2D eigenvalue weighted by molar-refractivity contribution is 5.99. The van der Waals surface area contributed by atoms with Crippen LogP contribution in [-0.4, -0.2) is 76.8 Å². The van der Waals surface area contributed by atoms with Gasteiger partial charge < -0.3 is 19.7 Å². The standard InChI is InChI=1S/C26H38N4O2/c1-26(2,3)30(25(32)22-6-5-21-7-12-27-23(21)17-22)18-24(31)29-15-10-20(11-16-29)19-8-13-28(4)14-9-19/h5-7,12,17,19-20,27H,8-11,13-16,18H2,1-4H3/i12D. The van der Waals surface area contributed by atoms with Crippen molar-refractivity contribution >= 4 is 22.7 Å². The molecule has 0 aliphatic carbocycles. The van der Waals surface area contributed by atoms with Crippen LogP contribution in [0.2, 0.25) is 0 Å². The van der Waals surface area contributed by atoms with Crippen molar-refractivity contribution in [2.45, 2.75) is 52.0 Å². The van der Waals surface area contributed by atoms with Gasteiger partial charge in [-0.15, -0.1) is 0 Å². The maximum Gasteiger partial charge on any atom is 0.254 e. The van der Waals surface area contributed by atoms with Gasteiger partial charge >= 0.3 is 0 Å². The number of aromatic amines is 1. The summed E-state index contributed by atoms with van der Waals surface area (Å²) in [5, 5.41) is 0.905. The summed E-state index contributed by atoms with van der Waals surface area (Å²) in [7, 11) is 2.20. The summed E-state index contributed by atoms with van der Waals surface area (Å²) in [6.45, 7) is 9.96. The van der Waals surface area contributed by atoms with E-state index in [-0.39, 0.29) is 18.4 Å². The molecule has 0 unspecified atom stereocenters. The second-order valence-electron chi connectivity index (χ2n) is 10.6. The monoisotopic (exact) mass is 439 g/mol. The minimum atomic E-state index is -0.482. The van der Waals surface area contributed by atoms with Crippen molar-refractivity contribution in [3.05, 3.63) is 36.0 Å². The van der Waals surface area contributed by atoms with Gasteiger partial charge in [-0.05, 0) is 102 Å². The molecule has 4 rings (SSSR count). The fraction of sp³-hybridized carbons (Fsp3) is 0.615. The third-order valence-corrected chi connectivity index (χ3v) is 7.41. The topological polar surface area (TPSA) is 59.7 Å². The Balaban J connectivity index is 1.40. The van der Waals surface area contributed by atoms with E-state index in [1.165, 1.54) is 25.9 Å². The van der Waals surface area contributed by atoms with E-state index in [4.69, 9.17) is 1.37 Å². The van der Waals surface area contributed by atoms with E-state index in [9.17, 15) is 9.59 Å². The van der Waals surface area contributed by atoms with E-state index >= 15 is 0 Å². The maximum atomic E-state index is 13.4. The van der Waals surface area contributed by atoms with E-state index in [0.29, 0.717) is 11.7 Å². The average Bonchev–Trinajstić information content (AvgIpc) is 3.16. The van der Waals surface area contributed by atoms with Crippen LogP contribution < -0.4 is 0 Å². The largest absolute Gasteiger partial charge is 0.361 e. The molecule has 2 fully saturated rings. The Morgan fingerprint density at radius 1 is 1.06 bits per heavy atom. The van der Waals surface area contributed by atoms with Crippen molar-refractivity contribution < 1.29 is 11.0 Å². The molecule has 6 heteroatoms. The minimum Gasteiger partial charge on any atom is -0.361 e. The average molecular weight is 440 g/mol. The van der Waals surface area contributed by atoms with Crippen LogP contribution in [0.3, 0.4) is 0 Å². The predicted molar refractivity (Wildman–Crippen MR) is 129 cm³/mol. The van der Waals surface area contributed by atoms with Gasteiger partial charge in [0, 0.05) is 35.9 Å². The second kappa shape index (κ2) is 9.26. The predicted octanol–water partition coefficient (Wildman–Crippen LogP) is 3.99. The van der Waals surface area contributed by atoms with E-state index in [2.05, 4.69) is 16.9 Å². The number of benzene rings is 1. The molecule has 1 N–H and O–H groups in total. The van der Waals surface area contributed by atoms with Crippen LogP contribution in [0.15, 0.2) is 30.4 Å². The van der Waals surface area contributed by atoms with Gasteiger partial charge in [0.15, 0.2) is 0 Å². The lowest BCUT2D eigenvalue weighted by Gasteiger charge is -2.41. The zero-order chi connectivity index (χ0) is 23.8. The summed E-state index contributed by atoms with van der Waals surface area (Å²) in [6, 6.07) is 7.16. The molecule has 2 aromatic rings. The summed E-state index contributed by atoms with van der Waals surface area (Å²) >= 11 is 0. The lowest BCUT2D eigenvalue weighted by atomic mass is 9.79. The van der Waals surface area contributed by atoms with Gasteiger partial charge in [0.25, 0.3) is 5.91 Å². The minimum absolute atomic E-state index is 0.0366. The highest BCUT2D eigenvalue weighted by atomic mass is 16.2. The molecule has 2 aliphatic heterocycles. The first kappa shape index (κ1) is 21.5. The number of amides is 2.